The first kappa shape index (κ1) is 25.9. The van der Waals surface area contributed by atoms with E-state index in [9.17, 15) is 9.59 Å². The highest BCUT2D eigenvalue weighted by molar-refractivity contribution is 7.15. The summed E-state index contributed by atoms with van der Waals surface area (Å²) in [7, 11) is 4.52. The number of para-hydroxylation sites is 1. The van der Waals surface area contributed by atoms with Gasteiger partial charge in [-0.05, 0) is 26.0 Å². The molecule has 3 heterocycles. The number of hydrogen-bond donors (Lipinski definition) is 3. The fraction of sp³-hybridized carbons (Fsp3) is 0.375. The van der Waals surface area contributed by atoms with Crippen molar-refractivity contribution in [2.24, 2.45) is 0 Å². The molecule has 0 radical (unpaired) electrons. The molecule has 0 bridgehead atoms. The van der Waals surface area contributed by atoms with Gasteiger partial charge in [-0.3, -0.25) is 10.1 Å². The third kappa shape index (κ3) is 6.00. The molecule has 3 aromatic rings. The van der Waals surface area contributed by atoms with Crippen LogP contribution in [0.1, 0.15) is 34.8 Å². The monoisotopic (exact) mass is 527 g/mol. The zero-order valence-electron chi connectivity index (χ0n) is 21.2. The highest BCUT2D eigenvalue weighted by Gasteiger charge is 2.24. The highest BCUT2D eigenvalue weighted by atomic mass is 32.1. The molecule has 3 N–H and O–H groups in total. The summed E-state index contributed by atoms with van der Waals surface area (Å²) in [6.07, 6.45) is 0.676. The topological polar surface area (TPSA) is 140 Å². The first-order valence-electron chi connectivity index (χ1n) is 11.6. The van der Waals surface area contributed by atoms with Crippen molar-refractivity contribution >= 4 is 39.9 Å². The molecule has 0 saturated heterocycles. The molecule has 0 saturated carbocycles. The van der Waals surface area contributed by atoms with E-state index < -0.39 is 6.03 Å². The summed E-state index contributed by atoms with van der Waals surface area (Å²) < 4.78 is 15.8. The number of amides is 3. The van der Waals surface area contributed by atoms with Gasteiger partial charge in [-0.25, -0.2) is 9.78 Å². The number of methoxy groups -OCH3 is 3. The minimum atomic E-state index is -0.531. The first-order valence-corrected chi connectivity index (χ1v) is 12.4. The molecule has 13 heteroatoms. The SMILES string of the molecule is COc1cc(N2CCc3nc(NC(=O)Nc4c(OC)cccc4C(=O)NC(C)C)sc3C2)nc(OC)n1. The van der Waals surface area contributed by atoms with Crippen LogP contribution in [-0.4, -0.2) is 60.8 Å². The number of fused-ring (bicyclic) bond motifs is 1. The summed E-state index contributed by atoms with van der Waals surface area (Å²) in [6.45, 7) is 4.97. The molecule has 3 amide bonds. The number of nitrogens with one attached hydrogen (secondary N) is 3. The quantitative estimate of drug-likeness (QED) is 0.402. The fourth-order valence-electron chi connectivity index (χ4n) is 3.80. The van der Waals surface area contributed by atoms with Gasteiger partial charge in [-0.1, -0.05) is 17.4 Å². The number of nitrogens with zero attached hydrogens (tertiary/aromatic N) is 4. The summed E-state index contributed by atoms with van der Waals surface area (Å²) >= 11 is 1.38. The summed E-state index contributed by atoms with van der Waals surface area (Å²) in [5.74, 6) is 1.15. The average molecular weight is 528 g/mol. The summed E-state index contributed by atoms with van der Waals surface area (Å²) in [5.41, 5.74) is 1.49. The number of rotatable bonds is 8. The predicted molar refractivity (Wildman–Crippen MR) is 140 cm³/mol. The van der Waals surface area contributed by atoms with Crippen molar-refractivity contribution in [3.05, 3.63) is 40.4 Å². The molecule has 1 aliphatic rings. The number of carbonyl (C=O) groups excluding carboxylic acids is 2. The summed E-state index contributed by atoms with van der Waals surface area (Å²) in [5, 5.41) is 8.81. The first-order chi connectivity index (χ1) is 17.8. The van der Waals surface area contributed by atoms with Crippen LogP contribution in [-0.2, 0) is 13.0 Å². The molecule has 12 nitrogen and oxygen atoms in total. The van der Waals surface area contributed by atoms with Gasteiger partial charge in [0.25, 0.3) is 5.91 Å². The number of thiazole rings is 1. The van der Waals surface area contributed by atoms with E-state index in [2.05, 4.69) is 35.8 Å². The third-order valence-corrected chi connectivity index (χ3v) is 6.48. The molecule has 2 aromatic heterocycles. The van der Waals surface area contributed by atoms with Gasteiger partial charge in [0.1, 0.15) is 11.6 Å². The molecule has 1 aromatic carbocycles. The van der Waals surface area contributed by atoms with Gasteiger partial charge in [0, 0.05) is 30.0 Å². The Hall–Kier alpha value is -4.13. The van der Waals surface area contributed by atoms with Gasteiger partial charge in [-0.2, -0.15) is 9.97 Å². The number of anilines is 3. The van der Waals surface area contributed by atoms with Gasteiger partial charge in [0.05, 0.1) is 44.8 Å². The van der Waals surface area contributed by atoms with Crippen molar-refractivity contribution < 1.29 is 23.8 Å². The van der Waals surface area contributed by atoms with Crippen molar-refractivity contribution in [3.63, 3.8) is 0 Å². The van der Waals surface area contributed by atoms with E-state index in [0.717, 1.165) is 10.6 Å². The molecule has 0 aliphatic carbocycles. The van der Waals surface area contributed by atoms with Crippen LogP contribution >= 0.6 is 11.3 Å². The van der Waals surface area contributed by atoms with Crippen molar-refractivity contribution in [1.82, 2.24) is 20.3 Å². The second-order valence-electron chi connectivity index (χ2n) is 8.41. The van der Waals surface area contributed by atoms with Gasteiger partial charge in [0.2, 0.25) is 5.88 Å². The Labute approximate surface area is 218 Å². The molecule has 4 rings (SSSR count). The van der Waals surface area contributed by atoms with E-state index in [0.29, 0.717) is 47.7 Å². The molecular weight excluding hydrogens is 498 g/mol. The van der Waals surface area contributed by atoms with E-state index in [1.165, 1.54) is 32.7 Å². The van der Waals surface area contributed by atoms with Crippen LogP contribution < -0.4 is 35.1 Å². The van der Waals surface area contributed by atoms with E-state index in [-0.39, 0.29) is 23.6 Å². The number of hydrogen-bond acceptors (Lipinski definition) is 10. The Morgan fingerprint density at radius 2 is 1.86 bits per heavy atom. The lowest BCUT2D eigenvalue weighted by Gasteiger charge is -2.27. The van der Waals surface area contributed by atoms with Crippen molar-refractivity contribution in [1.29, 1.82) is 0 Å². The van der Waals surface area contributed by atoms with Crippen molar-refractivity contribution in [2.45, 2.75) is 32.9 Å². The van der Waals surface area contributed by atoms with Gasteiger partial charge < -0.3 is 29.7 Å². The molecule has 0 unspecified atom stereocenters. The van der Waals surface area contributed by atoms with Crippen molar-refractivity contribution in [2.75, 3.05) is 43.4 Å². The number of carbonyl (C=O) groups is 2. The standard InChI is InChI=1S/C24H29N7O5S/c1-13(2)25-21(32)14-7-6-8-16(34-3)20(14)29-22(33)30-24-26-15-9-10-31(12-17(15)37-24)18-11-19(35-4)28-23(27-18)36-5/h6-8,11,13H,9-10,12H2,1-5H3,(H,25,32)(H2,26,29,30,33). The molecule has 1 aliphatic heterocycles. The second kappa shape index (κ2) is 11.3. The summed E-state index contributed by atoms with van der Waals surface area (Å²) in [6, 6.07) is 6.38. The van der Waals surface area contributed by atoms with Crippen LogP contribution in [0.5, 0.6) is 17.6 Å². The largest absolute Gasteiger partial charge is 0.495 e. The molecule has 196 valence electrons. The highest BCUT2D eigenvalue weighted by Crippen LogP contribution is 2.33. The normalized spacial score (nSPS) is 12.5. The van der Waals surface area contributed by atoms with E-state index >= 15 is 0 Å². The van der Waals surface area contributed by atoms with E-state index in [1.807, 2.05) is 13.8 Å². The maximum Gasteiger partial charge on any atom is 0.325 e. The zero-order chi connectivity index (χ0) is 26.5. The number of ether oxygens (including phenoxy) is 3. The molecule has 0 spiro atoms. The van der Waals surface area contributed by atoms with Gasteiger partial charge in [0.15, 0.2) is 5.13 Å². The van der Waals surface area contributed by atoms with E-state index in [4.69, 9.17) is 14.2 Å². The Morgan fingerprint density at radius 1 is 1.05 bits per heavy atom. The Kier molecular flexibility index (Phi) is 7.92. The minimum absolute atomic E-state index is 0.0638. The second-order valence-corrected chi connectivity index (χ2v) is 9.49. The average Bonchev–Trinajstić information content (AvgIpc) is 3.29. The van der Waals surface area contributed by atoms with Crippen LogP contribution in [0.3, 0.4) is 0 Å². The zero-order valence-corrected chi connectivity index (χ0v) is 22.1. The predicted octanol–water partition coefficient (Wildman–Crippen LogP) is 3.30. The number of aromatic nitrogens is 3. The maximum atomic E-state index is 12.9. The smallest absolute Gasteiger partial charge is 0.325 e. The Morgan fingerprint density at radius 3 is 2.57 bits per heavy atom. The fourth-order valence-corrected chi connectivity index (χ4v) is 4.81. The lowest BCUT2D eigenvalue weighted by molar-refractivity contribution is 0.0943. The number of urea groups is 1. The van der Waals surface area contributed by atoms with Crippen LogP contribution in [0.15, 0.2) is 24.3 Å². The number of benzene rings is 1. The molecule has 0 atom stereocenters. The van der Waals surface area contributed by atoms with Gasteiger partial charge in [-0.15, -0.1) is 0 Å². The lowest BCUT2D eigenvalue weighted by atomic mass is 10.1. The maximum absolute atomic E-state index is 12.9. The van der Waals surface area contributed by atoms with E-state index in [1.54, 1.807) is 24.3 Å². The molecule has 0 fully saturated rings. The molecular formula is C24H29N7O5S. The van der Waals surface area contributed by atoms with Crippen LogP contribution in [0, 0.1) is 0 Å². The molecule has 37 heavy (non-hydrogen) atoms. The third-order valence-electron chi connectivity index (χ3n) is 5.49. The Bertz CT molecular complexity index is 1270. The Balaban J connectivity index is 1.48. The van der Waals surface area contributed by atoms with Crippen LogP contribution in [0.25, 0.3) is 0 Å². The summed E-state index contributed by atoms with van der Waals surface area (Å²) in [4.78, 5) is 41.8. The van der Waals surface area contributed by atoms with Gasteiger partial charge >= 0.3 is 12.0 Å². The lowest BCUT2D eigenvalue weighted by Crippen LogP contribution is -2.31. The minimum Gasteiger partial charge on any atom is -0.495 e. The van der Waals surface area contributed by atoms with Crippen LogP contribution in [0.2, 0.25) is 0 Å². The van der Waals surface area contributed by atoms with Crippen LogP contribution in [0.4, 0.5) is 21.4 Å². The van der Waals surface area contributed by atoms with Crippen molar-refractivity contribution in [3.8, 4) is 17.6 Å².